The molecule has 6 nitrogen and oxygen atoms in total. The second-order valence-corrected chi connectivity index (χ2v) is 13.6. The molecule has 7 aromatic rings. The van der Waals surface area contributed by atoms with Gasteiger partial charge in [-0.15, -0.1) is 0 Å². The summed E-state index contributed by atoms with van der Waals surface area (Å²) in [4.78, 5) is 0. The van der Waals surface area contributed by atoms with E-state index >= 15 is 0 Å². The topological polar surface area (TPSA) is 121 Å². The molecular formula is C47H40O6. The molecule has 7 aromatic carbocycles. The number of phenolic OH excluding ortho intramolecular Hbond substituents is 6. The average Bonchev–Trinajstić information content (AvgIpc) is 3.15. The summed E-state index contributed by atoms with van der Waals surface area (Å²) < 4.78 is 0. The Balaban J connectivity index is 1.45. The summed E-state index contributed by atoms with van der Waals surface area (Å²) in [5.74, 6) is 1.01. The number of hydrogen-bond donors (Lipinski definition) is 6. The van der Waals surface area contributed by atoms with Gasteiger partial charge in [0.05, 0.1) is 0 Å². The van der Waals surface area contributed by atoms with E-state index in [4.69, 9.17) is 0 Å². The van der Waals surface area contributed by atoms with E-state index in [1.165, 1.54) is 0 Å². The normalized spacial score (nSPS) is 11.1. The molecule has 0 saturated heterocycles. The first-order valence-electron chi connectivity index (χ1n) is 17.5. The number of aryl methyl sites for hydroxylation is 1. The lowest BCUT2D eigenvalue weighted by molar-refractivity contribution is 0.468. The van der Waals surface area contributed by atoms with Crippen molar-refractivity contribution >= 4 is 0 Å². The van der Waals surface area contributed by atoms with Crippen LogP contribution in [0.3, 0.4) is 0 Å². The Bertz CT molecular complexity index is 2380. The molecule has 0 aliphatic heterocycles. The Labute approximate surface area is 308 Å². The molecule has 53 heavy (non-hydrogen) atoms. The van der Waals surface area contributed by atoms with Gasteiger partial charge < -0.3 is 30.6 Å². The molecule has 0 spiro atoms. The number of aromatic hydroxyl groups is 6. The third-order valence-corrected chi connectivity index (χ3v) is 9.84. The predicted molar refractivity (Wildman–Crippen MR) is 209 cm³/mol. The van der Waals surface area contributed by atoms with E-state index in [-0.39, 0.29) is 34.5 Å². The minimum absolute atomic E-state index is 0.165. The van der Waals surface area contributed by atoms with Crippen LogP contribution >= 0.6 is 0 Å². The van der Waals surface area contributed by atoms with Crippen LogP contribution in [0.25, 0.3) is 22.3 Å². The van der Waals surface area contributed by atoms with Gasteiger partial charge in [0.2, 0.25) is 0 Å². The second kappa shape index (κ2) is 14.9. The largest absolute Gasteiger partial charge is 0.508 e. The Kier molecular flexibility index (Phi) is 9.78. The van der Waals surface area contributed by atoms with Crippen LogP contribution in [0, 0.1) is 6.92 Å². The maximum absolute atomic E-state index is 11.4. The maximum atomic E-state index is 11.4. The lowest BCUT2D eigenvalue weighted by Gasteiger charge is -2.23. The van der Waals surface area contributed by atoms with E-state index in [9.17, 15) is 30.6 Å². The molecule has 0 radical (unpaired) electrons. The summed E-state index contributed by atoms with van der Waals surface area (Å²) in [6, 6.07) is 41.9. The summed E-state index contributed by atoms with van der Waals surface area (Å²) in [6.45, 7) is 2.05. The van der Waals surface area contributed by atoms with E-state index in [1.807, 2.05) is 60.7 Å². The van der Waals surface area contributed by atoms with Crippen LogP contribution in [0.1, 0.15) is 50.1 Å². The fourth-order valence-electron chi connectivity index (χ4n) is 7.05. The fraction of sp³-hybridized carbons (Fsp3) is 0.106. The Morgan fingerprint density at radius 2 is 0.604 bits per heavy atom. The molecule has 0 aromatic heterocycles. The molecule has 6 heteroatoms. The molecule has 7 rings (SSSR count). The molecule has 0 fully saturated rings. The highest BCUT2D eigenvalue weighted by molar-refractivity contribution is 5.88. The smallest absolute Gasteiger partial charge is 0.119 e. The summed E-state index contributed by atoms with van der Waals surface area (Å²) in [5.41, 5.74) is 12.0. The lowest BCUT2D eigenvalue weighted by atomic mass is 9.82. The monoisotopic (exact) mass is 700 g/mol. The SMILES string of the molecule is Cc1ccc(-c2ccc(O)c(Cc3ccc(O)cc3)c2Cc2ccc(O)cc2)c(-c2ccc(O)c(Cc3ccc(O)cc3)c2Cc2ccc(O)cc2)c1. The number of phenols is 6. The summed E-state index contributed by atoms with van der Waals surface area (Å²) in [6.07, 6.45) is 1.81. The molecule has 0 bridgehead atoms. The second-order valence-electron chi connectivity index (χ2n) is 13.6. The first-order valence-corrected chi connectivity index (χ1v) is 17.5. The van der Waals surface area contributed by atoms with Gasteiger partial charge in [-0.1, -0.05) is 84.4 Å². The third-order valence-electron chi connectivity index (χ3n) is 9.84. The fourth-order valence-corrected chi connectivity index (χ4v) is 7.05. The van der Waals surface area contributed by atoms with Crippen LogP contribution < -0.4 is 0 Å². The molecule has 0 heterocycles. The zero-order valence-corrected chi connectivity index (χ0v) is 29.3. The van der Waals surface area contributed by atoms with Gasteiger partial charge in [0.1, 0.15) is 34.5 Å². The van der Waals surface area contributed by atoms with Gasteiger partial charge >= 0.3 is 0 Å². The van der Waals surface area contributed by atoms with Crippen LogP contribution in [0.4, 0.5) is 0 Å². The molecule has 0 amide bonds. The predicted octanol–water partition coefficient (Wildman–Crippen LogP) is 9.93. The number of hydrogen-bond acceptors (Lipinski definition) is 6. The zero-order chi connectivity index (χ0) is 37.1. The molecule has 264 valence electrons. The molecule has 0 aliphatic carbocycles. The van der Waals surface area contributed by atoms with Gasteiger partial charge in [0.15, 0.2) is 0 Å². The standard InChI is InChI=1S/C47H40O6/c1-29-2-19-38(39-20-22-46(52)44(27-32-7-15-36(50)16-8-32)42(39)25-30-3-11-34(48)12-4-30)41(24-29)40-21-23-47(53)45(28-33-9-17-37(51)18-10-33)43(40)26-31-5-13-35(49)14-6-31/h2-24,48-53H,25-28H2,1H3. The molecule has 0 atom stereocenters. The van der Waals surface area contributed by atoms with Gasteiger partial charge in [-0.05, 0) is 136 Å². The van der Waals surface area contributed by atoms with Crippen molar-refractivity contribution in [3.05, 3.63) is 190 Å². The van der Waals surface area contributed by atoms with E-state index in [0.717, 1.165) is 72.3 Å². The van der Waals surface area contributed by atoms with E-state index in [2.05, 4.69) is 25.1 Å². The van der Waals surface area contributed by atoms with E-state index < -0.39 is 0 Å². The molecule has 0 aliphatic rings. The lowest BCUT2D eigenvalue weighted by Crippen LogP contribution is -2.04. The van der Waals surface area contributed by atoms with Crippen molar-refractivity contribution < 1.29 is 30.6 Å². The van der Waals surface area contributed by atoms with Crippen molar-refractivity contribution in [2.45, 2.75) is 32.6 Å². The summed E-state index contributed by atoms with van der Waals surface area (Å²) in [5, 5.41) is 62.9. The summed E-state index contributed by atoms with van der Waals surface area (Å²) in [7, 11) is 0. The van der Waals surface area contributed by atoms with Crippen LogP contribution in [0.5, 0.6) is 34.5 Å². The first kappa shape index (κ1) is 34.8. The highest BCUT2D eigenvalue weighted by atomic mass is 16.3. The quantitative estimate of drug-likeness (QED) is 0.0845. The summed E-state index contributed by atoms with van der Waals surface area (Å²) >= 11 is 0. The van der Waals surface area contributed by atoms with Crippen molar-refractivity contribution in [3.63, 3.8) is 0 Å². The van der Waals surface area contributed by atoms with Crippen molar-refractivity contribution in [1.29, 1.82) is 0 Å². The van der Waals surface area contributed by atoms with Crippen molar-refractivity contribution in [2.24, 2.45) is 0 Å². The highest BCUT2D eigenvalue weighted by Gasteiger charge is 2.22. The van der Waals surface area contributed by atoms with Crippen molar-refractivity contribution in [3.8, 4) is 56.8 Å². The van der Waals surface area contributed by atoms with Gasteiger partial charge in [-0.2, -0.15) is 0 Å². The molecule has 0 saturated carbocycles. The van der Waals surface area contributed by atoms with Crippen LogP contribution in [-0.4, -0.2) is 30.6 Å². The van der Waals surface area contributed by atoms with Gasteiger partial charge in [0.25, 0.3) is 0 Å². The third kappa shape index (κ3) is 7.82. The minimum Gasteiger partial charge on any atom is -0.508 e. The van der Waals surface area contributed by atoms with Crippen molar-refractivity contribution in [1.82, 2.24) is 0 Å². The van der Waals surface area contributed by atoms with Crippen molar-refractivity contribution in [2.75, 3.05) is 0 Å². The zero-order valence-electron chi connectivity index (χ0n) is 29.3. The van der Waals surface area contributed by atoms with Gasteiger partial charge in [-0.3, -0.25) is 0 Å². The van der Waals surface area contributed by atoms with Crippen LogP contribution in [-0.2, 0) is 25.7 Å². The molecule has 6 N–H and O–H groups in total. The average molecular weight is 701 g/mol. The number of benzene rings is 7. The Morgan fingerprint density at radius 1 is 0.302 bits per heavy atom. The van der Waals surface area contributed by atoms with E-state index in [0.29, 0.717) is 25.7 Å². The van der Waals surface area contributed by atoms with E-state index in [1.54, 1.807) is 60.7 Å². The minimum atomic E-state index is 0.165. The maximum Gasteiger partial charge on any atom is 0.119 e. The van der Waals surface area contributed by atoms with Gasteiger partial charge in [0, 0.05) is 24.0 Å². The first-order chi connectivity index (χ1) is 25.6. The molecular weight excluding hydrogens is 661 g/mol. The molecule has 0 unspecified atom stereocenters. The van der Waals surface area contributed by atoms with Gasteiger partial charge in [-0.25, -0.2) is 0 Å². The number of rotatable bonds is 10. The Morgan fingerprint density at radius 3 is 0.962 bits per heavy atom. The highest BCUT2D eigenvalue weighted by Crippen LogP contribution is 2.43. The van der Waals surface area contributed by atoms with Crippen LogP contribution in [0.15, 0.2) is 140 Å². The Hall–Kier alpha value is -6.66. The van der Waals surface area contributed by atoms with Crippen LogP contribution in [0.2, 0.25) is 0 Å².